The average Bonchev–Trinajstić information content (AvgIpc) is 2.80. The minimum atomic E-state index is -1.20. The highest BCUT2D eigenvalue weighted by atomic mass is 19.1. The van der Waals surface area contributed by atoms with Gasteiger partial charge in [0.15, 0.2) is 0 Å². The molecule has 3 rings (SSSR count). The molecule has 8 nitrogen and oxygen atoms in total. The van der Waals surface area contributed by atoms with Gasteiger partial charge >= 0.3 is 12.1 Å². The molecule has 170 valence electrons. The number of nitrogens with one attached hydrogen (secondary N) is 1. The van der Waals surface area contributed by atoms with Crippen molar-refractivity contribution in [2.24, 2.45) is 5.73 Å². The van der Waals surface area contributed by atoms with Crippen LogP contribution in [0, 0.1) is 5.82 Å². The third-order valence-electron chi connectivity index (χ3n) is 4.92. The number of benzene rings is 2. The van der Waals surface area contributed by atoms with E-state index in [4.69, 9.17) is 10.5 Å². The Labute approximate surface area is 189 Å². The maximum Gasteiger partial charge on any atom is 0.408 e. The fourth-order valence-electron chi connectivity index (χ4n) is 3.27. The third-order valence-corrected chi connectivity index (χ3v) is 4.92. The largest absolute Gasteiger partial charge is 0.480 e. The number of aromatic nitrogens is 1. The van der Waals surface area contributed by atoms with Crippen molar-refractivity contribution in [1.29, 1.82) is 0 Å². The minimum Gasteiger partial charge on any atom is -0.480 e. The minimum absolute atomic E-state index is 0.0604. The van der Waals surface area contributed by atoms with E-state index in [0.29, 0.717) is 22.3 Å². The van der Waals surface area contributed by atoms with Crippen LogP contribution in [0.4, 0.5) is 9.18 Å². The summed E-state index contributed by atoms with van der Waals surface area (Å²) in [6.45, 7) is -0.108. The van der Waals surface area contributed by atoms with E-state index < -0.39 is 35.7 Å². The van der Waals surface area contributed by atoms with E-state index in [1.807, 2.05) is 0 Å². The monoisotopic (exact) mass is 451 g/mol. The Hall–Kier alpha value is -4.27. The zero-order valence-corrected chi connectivity index (χ0v) is 17.5. The number of primary amides is 1. The molecule has 0 saturated heterocycles. The second-order valence-electron chi connectivity index (χ2n) is 7.31. The van der Waals surface area contributed by atoms with Crippen LogP contribution < -0.4 is 11.1 Å². The van der Waals surface area contributed by atoms with Crippen molar-refractivity contribution in [1.82, 2.24) is 10.3 Å². The molecule has 2 atom stereocenters. The molecule has 2 aromatic carbocycles. The molecule has 0 aliphatic heterocycles. The van der Waals surface area contributed by atoms with Gasteiger partial charge in [0.2, 0.25) is 5.91 Å². The van der Waals surface area contributed by atoms with Gasteiger partial charge in [-0.3, -0.25) is 9.78 Å². The van der Waals surface area contributed by atoms with Gasteiger partial charge in [0.05, 0.1) is 5.92 Å². The number of halogens is 1. The van der Waals surface area contributed by atoms with E-state index in [1.54, 1.807) is 42.6 Å². The van der Waals surface area contributed by atoms with Crippen molar-refractivity contribution in [2.75, 3.05) is 0 Å². The van der Waals surface area contributed by atoms with Crippen LogP contribution in [0.5, 0.6) is 0 Å². The Bertz CT molecular complexity index is 1110. The molecule has 2 amide bonds. The Kier molecular flexibility index (Phi) is 7.69. The molecule has 0 aliphatic rings. The van der Waals surface area contributed by atoms with Crippen molar-refractivity contribution in [2.45, 2.75) is 25.0 Å². The zero-order valence-electron chi connectivity index (χ0n) is 17.5. The fraction of sp³-hybridized carbons (Fsp3) is 0.167. The van der Waals surface area contributed by atoms with Gasteiger partial charge in [-0.2, -0.15) is 0 Å². The van der Waals surface area contributed by atoms with E-state index >= 15 is 0 Å². The van der Waals surface area contributed by atoms with Crippen LogP contribution >= 0.6 is 0 Å². The van der Waals surface area contributed by atoms with Crippen LogP contribution in [0.2, 0.25) is 0 Å². The van der Waals surface area contributed by atoms with E-state index in [9.17, 15) is 23.9 Å². The first kappa shape index (κ1) is 23.4. The predicted octanol–water partition coefficient (Wildman–Crippen LogP) is 2.76. The summed E-state index contributed by atoms with van der Waals surface area (Å²) in [7, 11) is 0. The van der Waals surface area contributed by atoms with Gasteiger partial charge in [0.1, 0.15) is 18.5 Å². The molecular formula is C24H22FN3O5. The van der Waals surface area contributed by atoms with E-state index in [2.05, 4.69) is 10.3 Å². The second-order valence-corrected chi connectivity index (χ2v) is 7.31. The van der Waals surface area contributed by atoms with Gasteiger partial charge in [0.25, 0.3) is 0 Å². The van der Waals surface area contributed by atoms with Crippen LogP contribution in [0.1, 0.15) is 28.2 Å². The molecule has 0 bridgehead atoms. The lowest BCUT2D eigenvalue weighted by Gasteiger charge is -2.16. The highest BCUT2D eigenvalue weighted by Crippen LogP contribution is 2.25. The summed E-state index contributed by atoms with van der Waals surface area (Å²) >= 11 is 0. The molecule has 3 aromatic rings. The standard InChI is InChI=1S/C24H22FN3O5/c25-19-9-7-18(8-10-19)21(22(26)29)17-5-3-15(4-6-17)14-33-24(32)28-20(23(30)31)12-16-2-1-11-27-13-16/h1-11,13,20-21H,12,14H2,(H2,26,29)(H,28,32)(H,30,31)/t20-,21?/m0/s1. The number of carboxylic acids is 1. The smallest absolute Gasteiger partial charge is 0.408 e. The highest BCUT2D eigenvalue weighted by Gasteiger charge is 2.22. The van der Waals surface area contributed by atoms with Crippen LogP contribution in [-0.4, -0.2) is 34.1 Å². The Morgan fingerprint density at radius 1 is 1.00 bits per heavy atom. The van der Waals surface area contributed by atoms with Crippen molar-refractivity contribution >= 4 is 18.0 Å². The number of aliphatic carboxylic acids is 1. The van der Waals surface area contributed by atoms with Crippen LogP contribution in [-0.2, 0) is 27.4 Å². The zero-order chi connectivity index (χ0) is 23.8. The van der Waals surface area contributed by atoms with Crippen LogP contribution in [0.25, 0.3) is 0 Å². The van der Waals surface area contributed by atoms with Gasteiger partial charge in [-0.25, -0.2) is 14.0 Å². The lowest BCUT2D eigenvalue weighted by molar-refractivity contribution is -0.139. The van der Waals surface area contributed by atoms with Crippen molar-refractivity contribution in [3.05, 3.63) is 101 Å². The summed E-state index contributed by atoms with van der Waals surface area (Å²) in [6, 6.07) is 14.4. The molecule has 0 spiro atoms. The van der Waals surface area contributed by atoms with Gasteiger partial charge in [0, 0.05) is 18.8 Å². The molecule has 1 heterocycles. The topological polar surface area (TPSA) is 132 Å². The Balaban J connectivity index is 1.60. The Morgan fingerprint density at radius 3 is 2.18 bits per heavy atom. The quantitative estimate of drug-likeness (QED) is 0.458. The Morgan fingerprint density at radius 2 is 1.64 bits per heavy atom. The molecule has 33 heavy (non-hydrogen) atoms. The molecule has 0 saturated carbocycles. The number of carboxylic acid groups (broad SMARTS) is 1. The van der Waals surface area contributed by atoms with Gasteiger partial charge < -0.3 is 20.9 Å². The molecule has 0 fully saturated rings. The normalized spacial score (nSPS) is 12.4. The average molecular weight is 451 g/mol. The number of amides is 2. The summed E-state index contributed by atoms with van der Waals surface area (Å²) in [4.78, 5) is 39.4. The number of nitrogens with zero attached hydrogens (tertiary/aromatic N) is 1. The SMILES string of the molecule is NC(=O)C(c1ccc(F)cc1)c1ccc(COC(=O)N[C@@H](Cc2cccnc2)C(=O)O)cc1. The summed E-state index contributed by atoms with van der Waals surface area (Å²) in [5, 5.41) is 11.7. The van der Waals surface area contributed by atoms with Crippen molar-refractivity contribution in [3.63, 3.8) is 0 Å². The summed E-state index contributed by atoms with van der Waals surface area (Å²) in [5.74, 6) is -2.96. The van der Waals surface area contributed by atoms with Gasteiger partial charge in [-0.05, 0) is 40.5 Å². The van der Waals surface area contributed by atoms with Crippen LogP contribution in [0.15, 0.2) is 73.1 Å². The number of pyridine rings is 1. The third kappa shape index (κ3) is 6.60. The van der Waals surface area contributed by atoms with E-state index in [-0.39, 0.29) is 13.0 Å². The number of hydrogen-bond acceptors (Lipinski definition) is 5. The van der Waals surface area contributed by atoms with Crippen molar-refractivity contribution in [3.8, 4) is 0 Å². The molecule has 0 radical (unpaired) electrons. The summed E-state index contributed by atoms with van der Waals surface area (Å²) in [5.41, 5.74) is 7.98. The second kappa shape index (κ2) is 10.9. The number of ether oxygens (including phenoxy) is 1. The molecule has 0 aliphatic carbocycles. The maximum absolute atomic E-state index is 13.2. The van der Waals surface area contributed by atoms with Crippen molar-refractivity contribution < 1.29 is 28.6 Å². The summed E-state index contributed by atoms with van der Waals surface area (Å²) < 4.78 is 18.3. The molecule has 1 aromatic heterocycles. The van der Waals surface area contributed by atoms with E-state index in [1.165, 1.54) is 30.5 Å². The first-order chi connectivity index (χ1) is 15.8. The predicted molar refractivity (Wildman–Crippen MR) is 117 cm³/mol. The first-order valence-electron chi connectivity index (χ1n) is 10.0. The molecule has 4 N–H and O–H groups in total. The fourth-order valence-corrected chi connectivity index (χ4v) is 3.27. The number of carbonyl (C=O) groups excluding carboxylic acids is 2. The summed E-state index contributed by atoms with van der Waals surface area (Å²) in [6.07, 6.45) is 2.27. The molecule has 9 heteroatoms. The first-order valence-corrected chi connectivity index (χ1v) is 10.0. The van der Waals surface area contributed by atoms with Gasteiger partial charge in [-0.15, -0.1) is 0 Å². The maximum atomic E-state index is 13.2. The number of carbonyl (C=O) groups is 3. The molecular weight excluding hydrogens is 429 g/mol. The lowest BCUT2D eigenvalue weighted by Crippen LogP contribution is -2.42. The highest BCUT2D eigenvalue weighted by molar-refractivity contribution is 5.85. The lowest BCUT2D eigenvalue weighted by atomic mass is 9.90. The number of alkyl carbamates (subject to hydrolysis) is 1. The van der Waals surface area contributed by atoms with Gasteiger partial charge in [-0.1, -0.05) is 42.5 Å². The number of hydrogen-bond donors (Lipinski definition) is 3. The molecule has 1 unspecified atom stereocenters. The number of nitrogens with two attached hydrogens (primary N) is 1. The van der Waals surface area contributed by atoms with E-state index in [0.717, 1.165) is 0 Å². The number of rotatable bonds is 9. The van der Waals surface area contributed by atoms with Crippen LogP contribution in [0.3, 0.4) is 0 Å².